The third-order valence-corrected chi connectivity index (χ3v) is 3.92. The summed E-state index contributed by atoms with van der Waals surface area (Å²) in [5.74, 6) is 0.239. The molecule has 4 heteroatoms. The quantitative estimate of drug-likeness (QED) is 0.823. The van der Waals surface area contributed by atoms with Crippen molar-refractivity contribution in [3.8, 4) is 6.07 Å². The van der Waals surface area contributed by atoms with E-state index in [1.807, 2.05) is 31.2 Å². The summed E-state index contributed by atoms with van der Waals surface area (Å²) in [6.45, 7) is 8.67. The summed E-state index contributed by atoms with van der Waals surface area (Å²) in [5.41, 5.74) is 1.95. The SMILES string of the molecule is CC(=O)c1ccc(N2CC[NH+](C[C@H](C)C#N)CC2)cc1. The van der Waals surface area contributed by atoms with Gasteiger partial charge in [0.1, 0.15) is 0 Å². The summed E-state index contributed by atoms with van der Waals surface area (Å²) < 4.78 is 0. The minimum absolute atomic E-state index is 0.108. The zero-order valence-electron chi connectivity index (χ0n) is 12.2. The molecule has 0 unspecified atom stereocenters. The van der Waals surface area contributed by atoms with Gasteiger partial charge >= 0.3 is 0 Å². The van der Waals surface area contributed by atoms with Crippen molar-refractivity contribution in [3.63, 3.8) is 0 Å². The van der Waals surface area contributed by atoms with Gasteiger partial charge in [-0.15, -0.1) is 0 Å². The summed E-state index contributed by atoms with van der Waals surface area (Å²) in [6.07, 6.45) is 0. The molecule has 0 amide bonds. The number of nitriles is 1. The average Bonchev–Trinajstić information content (AvgIpc) is 2.48. The van der Waals surface area contributed by atoms with E-state index in [1.54, 1.807) is 6.92 Å². The molecule has 20 heavy (non-hydrogen) atoms. The number of hydrogen-bond acceptors (Lipinski definition) is 3. The van der Waals surface area contributed by atoms with E-state index in [2.05, 4.69) is 11.0 Å². The third-order valence-electron chi connectivity index (χ3n) is 3.92. The maximum atomic E-state index is 11.3. The van der Waals surface area contributed by atoms with E-state index in [4.69, 9.17) is 5.26 Å². The van der Waals surface area contributed by atoms with Gasteiger partial charge in [-0.3, -0.25) is 4.79 Å². The number of carbonyl (C=O) groups is 1. The molecule has 0 aromatic heterocycles. The zero-order valence-corrected chi connectivity index (χ0v) is 12.2. The molecule has 0 saturated carbocycles. The number of benzene rings is 1. The average molecular weight is 272 g/mol. The number of quaternary nitrogens is 1. The van der Waals surface area contributed by atoms with Crippen LogP contribution in [-0.4, -0.2) is 38.5 Å². The molecule has 1 atom stereocenters. The van der Waals surface area contributed by atoms with Gasteiger partial charge in [0, 0.05) is 11.3 Å². The van der Waals surface area contributed by atoms with E-state index in [-0.39, 0.29) is 11.7 Å². The molecular weight excluding hydrogens is 250 g/mol. The first-order valence-corrected chi connectivity index (χ1v) is 7.19. The van der Waals surface area contributed by atoms with E-state index in [0.717, 1.165) is 38.3 Å². The van der Waals surface area contributed by atoms with Gasteiger partial charge in [0.2, 0.25) is 0 Å². The number of anilines is 1. The molecule has 1 aromatic carbocycles. The van der Waals surface area contributed by atoms with Crippen LogP contribution in [0.5, 0.6) is 0 Å². The van der Waals surface area contributed by atoms with Crippen molar-refractivity contribution in [3.05, 3.63) is 29.8 Å². The fraction of sp³-hybridized carbons (Fsp3) is 0.500. The molecule has 0 bridgehead atoms. The predicted octanol–water partition coefficient (Wildman–Crippen LogP) is 0.754. The van der Waals surface area contributed by atoms with Crippen LogP contribution in [0.4, 0.5) is 5.69 Å². The lowest BCUT2D eigenvalue weighted by atomic mass is 10.1. The summed E-state index contributed by atoms with van der Waals surface area (Å²) in [5, 5.41) is 8.86. The van der Waals surface area contributed by atoms with E-state index >= 15 is 0 Å². The van der Waals surface area contributed by atoms with Crippen molar-refractivity contribution in [2.45, 2.75) is 13.8 Å². The molecule has 1 N–H and O–H groups in total. The highest BCUT2D eigenvalue weighted by molar-refractivity contribution is 5.94. The highest BCUT2D eigenvalue weighted by Gasteiger charge is 2.21. The van der Waals surface area contributed by atoms with Gasteiger partial charge in [0.25, 0.3) is 0 Å². The Hall–Kier alpha value is -1.86. The highest BCUT2D eigenvalue weighted by atomic mass is 16.1. The van der Waals surface area contributed by atoms with Gasteiger partial charge in [-0.2, -0.15) is 5.26 Å². The monoisotopic (exact) mass is 272 g/mol. The van der Waals surface area contributed by atoms with Gasteiger partial charge in [-0.1, -0.05) is 0 Å². The largest absolute Gasteiger partial charge is 0.360 e. The third kappa shape index (κ3) is 3.58. The molecule has 1 saturated heterocycles. The second-order valence-corrected chi connectivity index (χ2v) is 5.57. The van der Waals surface area contributed by atoms with Crippen LogP contribution in [0.3, 0.4) is 0 Å². The lowest BCUT2D eigenvalue weighted by molar-refractivity contribution is -0.902. The van der Waals surface area contributed by atoms with Crippen LogP contribution < -0.4 is 9.80 Å². The number of rotatable bonds is 4. The van der Waals surface area contributed by atoms with Gasteiger partial charge in [0.15, 0.2) is 5.78 Å². The Balaban J connectivity index is 1.90. The molecule has 1 aliphatic rings. The van der Waals surface area contributed by atoms with Crippen LogP contribution in [0.1, 0.15) is 24.2 Å². The molecule has 0 radical (unpaired) electrons. The Morgan fingerprint density at radius 3 is 2.45 bits per heavy atom. The number of nitrogens with one attached hydrogen (secondary N) is 1. The second-order valence-electron chi connectivity index (χ2n) is 5.57. The van der Waals surface area contributed by atoms with Crippen molar-refractivity contribution in [2.24, 2.45) is 5.92 Å². The molecule has 106 valence electrons. The lowest BCUT2D eigenvalue weighted by Crippen LogP contribution is -3.15. The normalized spacial score (nSPS) is 17.6. The highest BCUT2D eigenvalue weighted by Crippen LogP contribution is 2.15. The molecule has 0 spiro atoms. The van der Waals surface area contributed by atoms with E-state index in [0.29, 0.717) is 0 Å². The number of ketones is 1. The zero-order chi connectivity index (χ0) is 14.5. The van der Waals surface area contributed by atoms with E-state index in [1.165, 1.54) is 10.6 Å². The van der Waals surface area contributed by atoms with Crippen LogP contribution in [0.2, 0.25) is 0 Å². The van der Waals surface area contributed by atoms with Gasteiger partial charge in [-0.05, 0) is 38.1 Å². The Labute approximate surface area is 120 Å². The maximum absolute atomic E-state index is 11.3. The lowest BCUT2D eigenvalue weighted by Gasteiger charge is -2.34. The molecule has 1 fully saturated rings. The fourth-order valence-electron chi connectivity index (χ4n) is 2.67. The minimum Gasteiger partial charge on any atom is -0.360 e. The second kappa shape index (κ2) is 6.53. The summed E-state index contributed by atoms with van der Waals surface area (Å²) in [6, 6.07) is 10.2. The van der Waals surface area contributed by atoms with Crippen LogP contribution >= 0.6 is 0 Å². The first kappa shape index (κ1) is 14.5. The molecule has 4 nitrogen and oxygen atoms in total. The Kier molecular flexibility index (Phi) is 4.75. The van der Waals surface area contributed by atoms with Crippen molar-refractivity contribution in [2.75, 3.05) is 37.6 Å². The molecule has 2 rings (SSSR count). The standard InChI is InChI=1S/C16H21N3O/c1-13(11-17)12-18-7-9-19(10-8-18)16-5-3-15(4-6-16)14(2)20/h3-6,13H,7-10,12H2,1-2H3/p+1/t13-/m1/s1. The van der Waals surface area contributed by atoms with E-state index < -0.39 is 0 Å². The number of Topliss-reactive ketones (excluding diaryl/α,β-unsaturated/α-hetero) is 1. The number of carbonyl (C=O) groups excluding carboxylic acids is 1. The molecule has 1 aliphatic heterocycles. The Bertz CT molecular complexity index is 495. The van der Waals surface area contributed by atoms with Gasteiger partial charge in [-0.25, -0.2) is 0 Å². The van der Waals surface area contributed by atoms with Gasteiger partial charge in [0.05, 0.1) is 44.7 Å². The summed E-state index contributed by atoms with van der Waals surface area (Å²) >= 11 is 0. The Morgan fingerprint density at radius 1 is 1.35 bits per heavy atom. The van der Waals surface area contributed by atoms with Crippen LogP contribution in [0.15, 0.2) is 24.3 Å². The maximum Gasteiger partial charge on any atom is 0.159 e. The van der Waals surface area contributed by atoms with Crippen molar-refractivity contribution in [1.82, 2.24) is 0 Å². The van der Waals surface area contributed by atoms with Gasteiger partial charge < -0.3 is 9.80 Å². The van der Waals surface area contributed by atoms with Crippen molar-refractivity contribution >= 4 is 11.5 Å². The van der Waals surface area contributed by atoms with Crippen LogP contribution in [-0.2, 0) is 0 Å². The number of piperazine rings is 1. The summed E-state index contributed by atoms with van der Waals surface area (Å²) in [7, 11) is 0. The summed E-state index contributed by atoms with van der Waals surface area (Å²) in [4.78, 5) is 15.1. The first-order valence-electron chi connectivity index (χ1n) is 7.19. The minimum atomic E-state index is 0.108. The molecule has 1 heterocycles. The Morgan fingerprint density at radius 2 is 1.95 bits per heavy atom. The molecule has 0 aliphatic carbocycles. The number of hydrogen-bond donors (Lipinski definition) is 1. The topological polar surface area (TPSA) is 48.5 Å². The smallest absolute Gasteiger partial charge is 0.159 e. The molecule has 1 aromatic rings. The molecular formula is C16H22N3O+. The van der Waals surface area contributed by atoms with Crippen LogP contribution in [0, 0.1) is 17.2 Å². The number of nitrogens with zero attached hydrogens (tertiary/aromatic N) is 2. The van der Waals surface area contributed by atoms with Crippen molar-refractivity contribution < 1.29 is 9.69 Å². The first-order chi connectivity index (χ1) is 9.60. The fourth-order valence-corrected chi connectivity index (χ4v) is 2.67. The predicted molar refractivity (Wildman–Crippen MR) is 79.0 cm³/mol. The van der Waals surface area contributed by atoms with E-state index in [9.17, 15) is 4.79 Å². The van der Waals surface area contributed by atoms with Crippen LogP contribution in [0.25, 0.3) is 0 Å². The van der Waals surface area contributed by atoms with Crippen molar-refractivity contribution in [1.29, 1.82) is 5.26 Å².